The van der Waals surface area contributed by atoms with Gasteiger partial charge in [-0.25, -0.2) is 0 Å². The molecule has 0 fully saturated rings. The van der Waals surface area contributed by atoms with Crippen LogP contribution in [-0.2, 0) is 9.47 Å². The molecule has 0 aromatic heterocycles. The maximum atomic E-state index is 5.58. The highest BCUT2D eigenvalue weighted by atomic mass is 16.7. The lowest BCUT2D eigenvalue weighted by Crippen LogP contribution is -2.15. The summed E-state index contributed by atoms with van der Waals surface area (Å²) in [5, 5.41) is 0. The SMILES string of the molecule is CCOC(/C=C(\CC)C1=CCCCC1)OCC. The van der Waals surface area contributed by atoms with Crippen molar-refractivity contribution in [2.45, 2.75) is 59.2 Å². The average Bonchev–Trinajstić information content (AvgIpc) is 2.37. The van der Waals surface area contributed by atoms with Crippen molar-refractivity contribution < 1.29 is 9.47 Å². The van der Waals surface area contributed by atoms with Gasteiger partial charge in [0.05, 0.1) is 0 Å². The highest BCUT2D eigenvalue weighted by Crippen LogP contribution is 2.26. The van der Waals surface area contributed by atoms with Gasteiger partial charge in [-0.2, -0.15) is 0 Å². The van der Waals surface area contributed by atoms with E-state index in [4.69, 9.17) is 9.47 Å². The Morgan fingerprint density at radius 2 is 1.94 bits per heavy atom. The molecular weight excluding hydrogens is 212 g/mol. The van der Waals surface area contributed by atoms with Crippen molar-refractivity contribution in [2.24, 2.45) is 0 Å². The van der Waals surface area contributed by atoms with Crippen LogP contribution < -0.4 is 0 Å². The molecule has 1 aliphatic rings. The van der Waals surface area contributed by atoms with Gasteiger partial charge in [0.1, 0.15) is 0 Å². The molecule has 0 spiro atoms. The van der Waals surface area contributed by atoms with E-state index in [-0.39, 0.29) is 6.29 Å². The summed E-state index contributed by atoms with van der Waals surface area (Å²) in [6.45, 7) is 7.60. The second-order valence-electron chi connectivity index (χ2n) is 4.30. The molecule has 0 bridgehead atoms. The van der Waals surface area contributed by atoms with E-state index in [1.807, 2.05) is 13.8 Å². The third kappa shape index (κ3) is 5.05. The summed E-state index contributed by atoms with van der Waals surface area (Å²) in [6.07, 6.45) is 10.5. The Kier molecular flexibility index (Phi) is 7.22. The number of hydrogen-bond acceptors (Lipinski definition) is 2. The van der Waals surface area contributed by atoms with E-state index in [2.05, 4.69) is 19.1 Å². The normalized spacial score (nSPS) is 17.4. The number of hydrogen-bond donors (Lipinski definition) is 0. The standard InChI is InChI=1S/C15H26O2/c1-4-13(14-10-8-7-9-11-14)12-15(16-5-2)17-6-3/h10,12,15H,4-9,11H2,1-3H3/b13-12+. The van der Waals surface area contributed by atoms with Gasteiger partial charge in [-0.1, -0.05) is 13.0 Å². The molecule has 0 unspecified atom stereocenters. The minimum Gasteiger partial charge on any atom is -0.349 e. The van der Waals surface area contributed by atoms with Crippen LogP contribution in [0.2, 0.25) is 0 Å². The van der Waals surface area contributed by atoms with Crippen LogP contribution in [0.1, 0.15) is 52.9 Å². The van der Waals surface area contributed by atoms with E-state index in [1.54, 1.807) is 0 Å². The van der Waals surface area contributed by atoms with Crippen LogP contribution in [0.3, 0.4) is 0 Å². The van der Waals surface area contributed by atoms with Crippen molar-refractivity contribution >= 4 is 0 Å². The summed E-state index contributed by atoms with van der Waals surface area (Å²) in [6, 6.07) is 0. The molecule has 0 aromatic rings. The maximum absolute atomic E-state index is 5.58. The van der Waals surface area contributed by atoms with Crippen molar-refractivity contribution in [2.75, 3.05) is 13.2 Å². The fourth-order valence-electron chi connectivity index (χ4n) is 2.22. The second kappa shape index (κ2) is 8.48. The zero-order chi connectivity index (χ0) is 12.5. The summed E-state index contributed by atoms with van der Waals surface area (Å²) in [5.74, 6) is 0. The van der Waals surface area contributed by atoms with Gasteiger partial charge in [-0.15, -0.1) is 0 Å². The minimum atomic E-state index is -0.178. The molecule has 1 rings (SSSR count). The van der Waals surface area contributed by atoms with Crippen LogP contribution in [0, 0.1) is 0 Å². The molecule has 0 saturated carbocycles. The quantitative estimate of drug-likeness (QED) is 0.618. The molecule has 2 nitrogen and oxygen atoms in total. The molecule has 1 aliphatic carbocycles. The smallest absolute Gasteiger partial charge is 0.177 e. The van der Waals surface area contributed by atoms with E-state index in [9.17, 15) is 0 Å². The lowest BCUT2D eigenvalue weighted by molar-refractivity contribution is -0.104. The molecule has 0 atom stereocenters. The summed E-state index contributed by atoms with van der Waals surface area (Å²) in [4.78, 5) is 0. The predicted octanol–water partition coefficient (Wildman–Crippen LogP) is 4.22. The van der Waals surface area contributed by atoms with Crippen LogP contribution in [0.4, 0.5) is 0 Å². The van der Waals surface area contributed by atoms with Crippen molar-refractivity contribution in [3.05, 3.63) is 23.3 Å². The summed E-state index contributed by atoms with van der Waals surface area (Å²) < 4.78 is 11.2. The topological polar surface area (TPSA) is 18.5 Å². The molecular formula is C15H26O2. The van der Waals surface area contributed by atoms with E-state index >= 15 is 0 Å². The Morgan fingerprint density at radius 1 is 1.24 bits per heavy atom. The first-order chi connectivity index (χ1) is 8.31. The molecule has 0 aliphatic heterocycles. The first-order valence-corrected chi connectivity index (χ1v) is 6.95. The molecule has 0 heterocycles. The number of allylic oxidation sites excluding steroid dienone is 3. The zero-order valence-corrected chi connectivity index (χ0v) is 11.5. The molecule has 0 N–H and O–H groups in total. The van der Waals surface area contributed by atoms with Gasteiger partial charge >= 0.3 is 0 Å². The third-order valence-electron chi connectivity index (χ3n) is 3.08. The van der Waals surface area contributed by atoms with Gasteiger partial charge in [0, 0.05) is 13.2 Å². The van der Waals surface area contributed by atoms with Crippen LogP contribution in [-0.4, -0.2) is 19.5 Å². The molecule has 2 heteroatoms. The van der Waals surface area contributed by atoms with Crippen molar-refractivity contribution in [3.8, 4) is 0 Å². The molecule has 0 amide bonds. The third-order valence-corrected chi connectivity index (χ3v) is 3.08. The van der Waals surface area contributed by atoms with Crippen molar-refractivity contribution in [1.82, 2.24) is 0 Å². The van der Waals surface area contributed by atoms with Gasteiger partial charge in [-0.3, -0.25) is 0 Å². The fraction of sp³-hybridized carbons (Fsp3) is 0.733. The summed E-state index contributed by atoms with van der Waals surface area (Å²) in [5.41, 5.74) is 2.90. The van der Waals surface area contributed by atoms with Crippen LogP contribution >= 0.6 is 0 Å². The zero-order valence-electron chi connectivity index (χ0n) is 11.5. The van der Waals surface area contributed by atoms with Crippen molar-refractivity contribution in [1.29, 1.82) is 0 Å². The van der Waals surface area contributed by atoms with Gasteiger partial charge in [0.2, 0.25) is 0 Å². The predicted molar refractivity (Wildman–Crippen MR) is 72.0 cm³/mol. The Hall–Kier alpha value is -0.600. The summed E-state index contributed by atoms with van der Waals surface area (Å²) >= 11 is 0. The Bertz CT molecular complexity index is 260. The fourth-order valence-corrected chi connectivity index (χ4v) is 2.22. The lowest BCUT2D eigenvalue weighted by Gasteiger charge is -2.19. The van der Waals surface area contributed by atoms with Crippen LogP contribution in [0.15, 0.2) is 23.3 Å². The number of rotatable bonds is 7. The van der Waals surface area contributed by atoms with Gasteiger partial charge in [0.25, 0.3) is 0 Å². The number of ether oxygens (including phenoxy) is 2. The highest BCUT2D eigenvalue weighted by Gasteiger charge is 2.11. The van der Waals surface area contributed by atoms with E-state index < -0.39 is 0 Å². The molecule has 98 valence electrons. The van der Waals surface area contributed by atoms with E-state index in [1.165, 1.54) is 36.8 Å². The molecule has 17 heavy (non-hydrogen) atoms. The van der Waals surface area contributed by atoms with Gasteiger partial charge in [-0.05, 0) is 63.2 Å². The Morgan fingerprint density at radius 3 is 2.41 bits per heavy atom. The van der Waals surface area contributed by atoms with Gasteiger partial charge < -0.3 is 9.47 Å². The highest BCUT2D eigenvalue weighted by molar-refractivity contribution is 5.32. The van der Waals surface area contributed by atoms with E-state index in [0.717, 1.165) is 6.42 Å². The van der Waals surface area contributed by atoms with Crippen LogP contribution in [0.5, 0.6) is 0 Å². The average molecular weight is 238 g/mol. The monoisotopic (exact) mass is 238 g/mol. The Labute approximate surface area is 106 Å². The van der Waals surface area contributed by atoms with Crippen LogP contribution in [0.25, 0.3) is 0 Å². The lowest BCUT2D eigenvalue weighted by atomic mass is 9.92. The van der Waals surface area contributed by atoms with E-state index in [0.29, 0.717) is 13.2 Å². The second-order valence-corrected chi connectivity index (χ2v) is 4.30. The van der Waals surface area contributed by atoms with Gasteiger partial charge in [0.15, 0.2) is 6.29 Å². The molecule has 0 radical (unpaired) electrons. The van der Waals surface area contributed by atoms with Crippen molar-refractivity contribution in [3.63, 3.8) is 0 Å². The largest absolute Gasteiger partial charge is 0.349 e. The first-order valence-electron chi connectivity index (χ1n) is 6.95. The summed E-state index contributed by atoms with van der Waals surface area (Å²) in [7, 11) is 0. The molecule has 0 aromatic carbocycles. The first kappa shape index (κ1) is 14.5. The molecule has 0 saturated heterocycles. The minimum absolute atomic E-state index is 0.178. The Balaban J connectivity index is 2.71. The maximum Gasteiger partial charge on any atom is 0.177 e.